The molecule has 2 aromatic rings. The van der Waals surface area contributed by atoms with E-state index in [4.69, 9.17) is 16.3 Å². The number of carbonyl (C=O) groups is 1. The van der Waals surface area contributed by atoms with Crippen LogP contribution in [0.3, 0.4) is 0 Å². The van der Waals surface area contributed by atoms with Crippen molar-refractivity contribution >= 4 is 30.3 Å². The lowest BCUT2D eigenvalue weighted by molar-refractivity contribution is 0.0527. The minimum Gasteiger partial charge on any atom is -0.462 e. The summed E-state index contributed by atoms with van der Waals surface area (Å²) in [6.45, 7) is 1.84. The van der Waals surface area contributed by atoms with Gasteiger partial charge in [0.2, 0.25) is 0 Å². The van der Waals surface area contributed by atoms with Crippen LogP contribution in [-0.4, -0.2) is 39.5 Å². The monoisotopic (exact) mass is 294 g/mol. The standard InChI is InChI=1S/C12H12BClN2O4/c1-2-20-12(17)10-7-15-16(11(10)13(18)19)9-5-3-4-8(14)6-9/h3-7,18-19H,2H2,1H3. The first kappa shape index (κ1) is 14.6. The Morgan fingerprint density at radius 2 is 2.25 bits per heavy atom. The van der Waals surface area contributed by atoms with E-state index in [-0.39, 0.29) is 17.8 Å². The third kappa shape index (κ3) is 2.85. The van der Waals surface area contributed by atoms with Crippen molar-refractivity contribution in [2.24, 2.45) is 0 Å². The zero-order valence-corrected chi connectivity index (χ0v) is 11.4. The van der Waals surface area contributed by atoms with Gasteiger partial charge in [-0.1, -0.05) is 17.7 Å². The van der Waals surface area contributed by atoms with E-state index in [1.54, 1.807) is 31.2 Å². The highest BCUT2D eigenvalue weighted by molar-refractivity contribution is 6.59. The third-order valence-electron chi connectivity index (χ3n) is 2.60. The molecule has 0 unspecified atom stereocenters. The summed E-state index contributed by atoms with van der Waals surface area (Å²) in [5, 5.41) is 23.4. The second-order valence-electron chi connectivity index (χ2n) is 3.93. The highest BCUT2D eigenvalue weighted by Gasteiger charge is 2.28. The zero-order chi connectivity index (χ0) is 14.7. The quantitative estimate of drug-likeness (QED) is 0.629. The smallest absolute Gasteiger partial charge is 0.462 e. The largest absolute Gasteiger partial charge is 0.509 e. The number of aromatic nitrogens is 2. The molecule has 0 radical (unpaired) electrons. The molecule has 0 spiro atoms. The molecule has 104 valence electrons. The van der Waals surface area contributed by atoms with Crippen LogP contribution < -0.4 is 5.59 Å². The van der Waals surface area contributed by atoms with Crippen molar-refractivity contribution in [3.05, 3.63) is 41.0 Å². The Kier molecular flexibility index (Phi) is 4.44. The molecular formula is C12H12BClN2O4. The Balaban J connectivity index is 2.52. The molecule has 0 bridgehead atoms. The molecule has 20 heavy (non-hydrogen) atoms. The maximum Gasteiger partial charge on any atom is 0.509 e. The highest BCUT2D eigenvalue weighted by Crippen LogP contribution is 2.14. The van der Waals surface area contributed by atoms with Crippen LogP contribution in [0.25, 0.3) is 5.69 Å². The van der Waals surface area contributed by atoms with Crippen LogP contribution in [0.2, 0.25) is 5.02 Å². The van der Waals surface area contributed by atoms with Crippen molar-refractivity contribution in [1.82, 2.24) is 9.78 Å². The number of nitrogens with zero attached hydrogens (tertiary/aromatic N) is 2. The van der Waals surface area contributed by atoms with Crippen molar-refractivity contribution < 1.29 is 19.6 Å². The van der Waals surface area contributed by atoms with E-state index in [0.29, 0.717) is 10.7 Å². The van der Waals surface area contributed by atoms with Gasteiger partial charge in [0.05, 0.1) is 29.6 Å². The maximum absolute atomic E-state index is 11.8. The molecule has 2 rings (SSSR count). The van der Waals surface area contributed by atoms with Crippen LogP contribution >= 0.6 is 11.6 Å². The van der Waals surface area contributed by atoms with E-state index in [1.807, 2.05) is 0 Å². The van der Waals surface area contributed by atoms with Gasteiger partial charge in [-0.3, -0.25) is 0 Å². The van der Waals surface area contributed by atoms with E-state index in [9.17, 15) is 14.8 Å². The molecule has 0 saturated heterocycles. The maximum atomic E-state index is 11.8. The number of benzene rings is 1. The Hall–Kier alpha value is -1.83. The molecule has 1 aromatic heterocycles. The average molecular weight is 295 g/mol. The minimum absolute atomic E-state index is 0.00169. The van der Waals surface area contributed by atoms with Gasteiger partial charge >= 0.3 is 13.1 Å². The van der Waals surface area contributed by atoms with Crippen LogP contribution in [0.4, 0.5) is 0 Å². The molecule has 1 aromatic carbocycles. The summed E-state index contributed by atoms with van der Waals surface area (Å²) in [4.78, 5) is 11.8. The summed E-state index contributed by atoms with van der Waals surface area (Å²) >= 11 is 5.89. The zero-order valence-electron chi connectivity index (χ0n) is 10.7. The predicted molar refractivity (Wildman–Crippen MR) is 74.4 cm³/mol. The van der Waals surface area contributed by atoms with Gasteiger partial charge in [-0.05, 0) is 25.1 Å². The minimum atomic E-state index is -1.86. The van der Waals surface area contributed by atoms with Gasteiger partial charge in [0, 0.05) is 5.02 Å². The summed E-state index contributed by atoms with van der Waals surface area (Å²) in [5.41, 5.74) is 0.448. The first-order valence-electron chi connectivity index (χ1n) is 5.91. The van der Waals surface area contributed by atoms with Gasteiger partial charge in [0.25, 0.3) is 0 Å². The summed E-state index contributed by atoms with van der Waals surface area (Å²) in [7, 11) is -1.86. The Morgan fingerprint density at radius 1 is 1.50 bits per heavy atom. The van der Waals surface area contributed by atoms with E-state index >= 15 is 0 Å². The summed E-state index contributed by atoms with van der Waals surface area (Å²) in [5.74, 6) is -0.663. The summed E-state index contributed by atoms with van der Waals surface area (Å²) in [6, 6.07) is 6.64. The second-order valence-corrected chi connectivity index (χ2v) is 4.37. The number of hydrogen-bond acceptors (Lipinski definition) is 5. The molecule has 2 N–H and O–H groups in total. The van der Waals surface area contributed by atoms with E-state index < -0.39 is 13.1 Å². The van der Waals surface area contributed by atoms with Crippen LogP contribution in [0.1, 0.15) is 17.3 Å². The number of carbonyl (C=O) groups excluding carboxylic acids is 1. The fourth-order valence-corrected chi connectivity index (χ4v) is 1.97. The van der Waals surface area contributed by atoms with E-state index in [0.717, 1.165) is 0 Å². The first-order valence-corrected chi connectivity index (χ1v) is 6.29. The van der Waals surface area contributed by atoms with Crippen molar-refractivity contribution in [3.63, 3.8) is 0 Å². The predicted octanol–water partition coefficient (Wildman–Crippen LogP) is 0.382. The summed E-state index contributed by atoms with van der Waals surface area (Å²) in [6.07, 6.45) is 1.23. The number of esters is 1. The molecule has 0 aliphatic rings. The Morgan fingerprint density at radius 3 is 2.85 bits per heavy atom. The van der Waals surface area contributed by atoms with Gasteiger partial charge in [0.1, 0.15) is 0 Å². The van der Waals surface area contributed by atoms with Gasteiger partial charge < -0.3 is 14.8 Å². The number of ether oxygens (including phenoxy) is 1. The number of halogens is 1. The highest BCUT2D eigenvalue weighted by atomic mass is 35.5. The number of rotatable bonds is 4. The molecular weight excluding hydrogens is 282 g/mol. The fraction of sp³-hybridized carbons (Fsp3) is 0.167. The lowest BCUT2D eigenvalue weighted by atomic mass is 9.82. The molecule has 0 amide bonds. The molecule has 8 heteroatoms. The van der Waals surface area contributed by atoms with Crippen LogP contribution in [-0.2, 0) is 4.74 Å². The normalized spacial score (nSPS) is 10.4. The first-order chi connectivity index (χ1) is 9.54. The van der Waals surface area contributed by atoms with E-state index in [2.05, 4.69) is 5.10 Å². The molecule has 0 aliphatic carbocycles. The number of hydrogen-bond donors (Lipinski definition) is 2. The SMILES string of the molecule is CCOC(=O)c1cnn(-c2cccc(Cl)c2)c1B(O)O. The molecule has 0 saturated carbocycles. The molecule has 1 heterocycles. The van der Waals surface area contributed by atoms with Crippen molar-refractivity contribution in [3.8, 4) is 5.69 Å². The van der Waals surface area contributed by atoms with Gasteiger partial charge in [-0.15, -0.1) is 0 Å². The van der Waals surface area contributed by atoms with Crippen LogP contribution in [0, 0.1) is 0 Å². The molecule has 6 nitrogen and oxygen atoms in total. The van der Waals surface area contributed by atoms with Crippen LogP contribution in [0.5, 0.6) is 0 Å². The molecule has 0 fully saturated rings. The van der Waals surface area contributed by atoms with Crippen molar-refractivity contribution in [2.75, 3.05) is 6.61 Å². The van der Waals surface area contributed by atoms with Crippen molar-refractivity contribution in [2.45, 2.75) is 6.92 Å². The fourth-order valence-electron chi connectivity index (χ4n) is 1.79. The van der Waals surface area contributed by atoms with Crippen molar-refractivity contribution in [1.29, 1.82) is 0 Å². The Labute approximate surface area is 120 Å². The Bertz CT molecular complexity index is 630. The average Bonchev–Trinajstić information content (AvgIpc) is 2.83. The second kappa shape index (κ2) is 6.08. The van der Waals surface area contributed by atoms with Gasteiger partial charge in [-0.2, -0.15) is 5.10 Å². The van der Waals surface area contributed by atoms with Gasteiger partial charge in [0.15, 0.2) is 0 Å². The molecule has 0 aliphatic heterocycles. The third-order valence-corrected chi connectivity index (χ3v) is 2.83. The van der Waals surface area contributed by atoms with Crippen LogP contribution in [0.15, 0.2) is 30.5 Å². The topological polar surface area (TPSA) is 84.6 Å². The van der Waals surface area contributed by atoms with Gasteiger partial charge in [-0.25, -0.2) is 9.48 Å². The molecule has 0 atom stereocenters. The lowest BCUT2D eigenvalue weighted by Crippen LogP contribution is -2.39. The van der Waals surface area contributed by atoms with E-state index in [1.165, 1.54) is 10.9 Å². The summed E-state index contributed by atoms with van der Waals surface area (Å²) < 4.78 is 6.09. The lowest BCUT2D eigenvalue weighted by Gasteiger charge is -2.09.